The van der Waals surface area contributed by atoms with E-state index in [1.807, 2.05) is 72.8 Å². The number of amidine groups is 1. The van der Waals surface area contributed by atoms with Gasteiger partial charge in [-0.3, -0.25) is 5.73 Å². The maximum Gasteiger partial charge on any atom is 0.172 e. The summed E-state index contributed by atoms with van der Waals surface area (Å²) in [5.74, 6) is 0.556. The van der Waals surface area contributed by atoms with E-state index < -0.39 is 5.66 Å². The zero-order valence-corrected chi connectivity index (χ0v) is 15.2. The quantitative estimate of drug-likeness (QED) is 0.557. The highest BCUT2D eigenvalue weighted by atomic mass is 35.5. The number of halogens is 2. The fraction of sp³-hybridized carbons (Fsp3) is 0.0500. The molecule has 3 aromatic carbocycles. The van der Waals surface area contributed by atoms with Crippen LogP contribution in [0.25, 0.3) is 0 Å². The highest BCUT2D eigenvalue weighted by Gasteiger charge is 2.37. The highest BCUT2D eigenvalue weighted by molar-refractivity contribution is 6.31. The van der Waals surface area contributed by atoms with Crippen LogP contribution in [-0.2, 0) is 5.66 Å². The van der Waals surface area contributed by atoms with E-state index in [0.717, 1.165) is 22.6 Å². The van der Waals surface area contributed by atoms with E-state index in [-0.39, 0.29) is 0 Å². The van der Waals surface area contributed by atoms with Gasteiger partial charge in [0.2, 0.25) is 0 Å². The van der Waals surface area contributed by atoms with Gasteiger partial charge in [-0.05, 0) is 42.5 Å². The summed E-state index contributed by atoms with van der Waals surface area (Å²) in [6.45, 7) is 0. The number of benzene rings is 3. The molecule has 4 rings (SSSR count). The molecule has 26 heavy (non-hydrogen) atoms. The first kappa shape index (κ1) is 16.9. The van der Waals surface area contributed by atoms with Gasteiger partial charge in [0.15, 0.2) is 11.5 Å². The maximum absolute atomic E-state index is 6.80. The van der Waals surface area contributed by atoms with Gasteiger partial charge in [0, 0.05) is 21.3 Å². The van der Waals surface area contributed by atoms with Crippen molar-refractivity contribution in [3.05, 3.63) is 88.4 Å². The average Bonchev–Trinajstić information content (AvgIpc) is 2.62. The van der Waals surface area contributed by atoms with Crippen LogP contribution < -0.4 is 16.4 Å². The smallest absolute Gasteiger partial charge is 0.172 e. The van der Waals surface area contributed by atoms with Crippen molar-refractivity contribution >= 4 is 46.1 Å². The number of nitrogens with one attached hydrogen (secondary N) is 2. The van der Waals surface area contributed by atoms with Crippen molar-refractivity contribution in [2.75, 3.05) is 10.6 Å². The average molecular weight is 383 g/mol. The van der Waals surface area contributed by atoms with Crippen LogP contribution in [0.2, 0.25) is 10.0 Å². The number of rotatable bonds is 2. The van der Waals surface area contributed by atoms with E-state index in [1.165, 1.54) is 0 Å². The second kappa shape index (κ2) is 6.65. The van der Waals surface area contributed by atoms with Crippen LogP contribution in [0.4, 0.5) is 17.1 Å². The number of aliphatic imine (C=N–C) groups is 1. The monoisotopic (exact) mass is 382 g/mol. The molecule has 0 spiro atoms. The van der Waals surface area contributed by atoms with Crippen molar-refractivity contribution in [2.24, 2.45) is 10.7 Å². The van der Waals surface area contributed by atoms with Gasteiger partial charge < -0.3 is 10.6 Å². The molecule has 0 aliphatic carbocycles. The van der Waals surface area contributed by atoms with Gasteiger partial charge in [0.25, 0.3) is 0 Å². The van der Waals surface area contributed by atoms with Crippen molar-refractivity contribution in [2.45, 2.75) is 5.66 Å². The molecule has 1 atom stereocenters. The first-order valence-electron chi connectivity index (χ1n) is 8.08. The molecule has 1 unspecified atom stereocenters. The molecule has 4 nitrogen and oxygen atoms in total. The molecule has 1 aliphatic heterocycles. The molecule has 6 heteroatoms. The summed E-state index contributed by atoms with van der Waals surface area (Å²) >= 11 is 12.3. The Labute approximate surface area is 161 Å². The van der Waals surface area contributed by atoms with Crippen LogP contribution in [0, 0.1) is 0 Å². The third-order valence-corrected chi connectivity index (χ3v) is 4.68. The molecule has 0 aromatic heterocycles. The third-order valence-electron chi connectivity index (χ3n) is 4.21. The second-order valence-corrected chi connectivity index (χ2v) is 6.93. The molecule has 130 valence electrons. The highest BCUT2D eigenvalue weighted by Crippen LogP contribution is 2.36. The number of fused-ring (bicyclic) bond motifs is 1. The molecular weight excluding hydrogens is 367 g/mol. The molecule has 4 N–H and O–H groups in total. The lowest BCUT2D eigenvalue weighted by molar-refractivity contribution is 0.687. The molecule has 1 heterocycles. The topological polar surface area (TPSA) is 62.4 Å². The van der Waals surface area contributed by atoms with Crippen LogP contribution in [0.15, 0.2) is 77.8 Å². The van der Waals surface area contributed by atoms with Crippen LogP contribution in [-0.4, -0.2) is 5.84 Å². The maximum atomic E-state index is 6.80. The number of hydrogen-bond acceptors (Lipinski definition) is 4. The standard InChI is InChI=1S/C20H16Cl2N4/c21-14-6-3-5-13(11-14)20(23)19(24-16-8-4-7-15(22)12-16)25-17-9-1-2-10-18(17)26-20/h1-12,26H,23H2,(H,24,25). The molecule has 3 aromatic rings. The van der Waals surface area contributed by atoms with Crippen LogP contribution in [0.1, 0.15) is 5.56 Å². The molecule has 0 saturated carbocycles. The van der Waals surface area contributed by atoms with Gasteiger partial charge in [0.05, 0.1) is 11.4 Å². The zero-order chi connectivity index (χ0) is 18.1. The van der Waals surface area contributed by atoms with Gasteiger partial charge in [-0.15, -0.1) is 0 Å². The van der Waals surface area contributed by atoms with Gasteiger partial charge in [0.1, 0.15) is 0 Å². The van der Waals surface area contributed by atoms with Gasteiger partial charge in [-0.25, -0.2) is 4.99 Å². The molecular formula is C20H16Cl2N4. The molecule has 1 aliphatic rings. The number of anilines is 2. The number of hydrogen-bond donors (Lipinski definition) is 3. The minimum Gasteiger partial charge on any atom is -0.356 e. The van der Waals surface area contributed by atoms with Crippen molar-refractivity contribution in [1.29, 1.82) is 0 Å². The lowest BCUT2D eigenvalue weighted by atomic mass is 9.96. The first-order valence-corrected chi connectivity index (χ1v) is 8.84. The lowest BCUT2D eigenvalue weighted by Gasteiger charge is -2.37. The molecule has 0 saturated heterocycles. The summed E-state index contributed by atoms with van der Waals surface area (Å²) < 4.78 is 0. The predicted octanol–water partition coefficient (Wildman–Crippen LogP) is 5.37. The number of nitrogens with two attached hydrogens (primary N) is 1. The SMILES string of the molecule is NC1(c2cccc(Cl)c2)Nc2ccccc2N=C1Nc1cccc(Cl)c1. The van der Waals surface area contributed by atoms with E-state index in [2.05, 4.69) is 10.6 Å². The van der Waals surface area contributed by atoms with E-state index in [1.54, 1.807) is 0 Å². The first-order chi connectivity index (χ1) is 12.5. The number of para-hydroxylation sites is 2. The molecule has 0 bridgehead atoms. The summed E-state index contributed by atoms with van der Waals surface area (Å²) in [7, 11) is 0. The van der Waals surface area contributed by atoms with E-state index in [4.69, 9.17) is 33.9 Å². The van der Waals surface area contributed by atoms with Crippen LogP contribution in [0.3, 0.4) is 0 Å². The Morgan fingerprint density at radius 2 is 1.62 bits per heavy atom. The normalized spacial score (nSPS) is 18.5. The largest absolute Gasteiger partial charge is 0.356 e. The Bertz CT molecular complexity index is 1000. The van der Waals surface area contributed by atoms with E-state index in [9.17, 15) is 0 Å². The van der Waals surface area contributed by atoms with E-state index in [0.29, 0.717) is 15.9 Å². The Morgan fingerprint density at radius 1 is 0.885 bits per heavy atom. The summed E-state index contributed by atoms with van der Waals surface area (Å²) in [5.41, 5.74) is 8.99. The minimum atomic E-state index is -1.07. The summed E-state index contributed by atoms with van der Waals surface area (Å²) in [4.78, 5) is 4.76. The fourth-order valence-electron chi connectivity index (χ4n) is 2.93. The number of nitrogens with zero attached hydrogens (tertiary/aromatic N) is 1. The summed E-state index contributed by atoms with van der Waals surface area (Å²) in [5, 5.41) is 7.94. The van der Waals surface area contributed by atoms with E-state index >= 15 is 0 Å². The van der Waals surface area contributed by atoms with Crippen molar-refractivity contribution in [3.8, 4) is 0 Å². The van der Waals surface area contributed by atoms with Gasteiger partial charge in [-0.1, -0.05) is 53.5 Å². The van der Waals surface area contributed by atoms with Gasteiger partial charge >= 0.3 is 0 Å². The minimum absolute atomic E-state index is 0.556. The molecule has 0 fully saturated rings. The predicted molar refractivity (Wildman–Crippen MR) is 110 cm³/mol. The zero-order valence-electron chi connectivity index (χ0n) is 13.7. The van der Waals surface area contributed by atoms with Crippen molar-refractivity contribution in [1.82, 2.24) is 0 Å². The summed E-state index contributed by atoms with van der Waals surface area (Å²) in [6, 6.07) is 22.6. The third kappa shape index (κ3) is 3.15. The molecule has 0 radical (unpaired) electrons. The van der Waals surface area contributed by atoms with Gasteiger partial charge in [-0.2, -0.15) is 0 Å². The Morgan fingerprint density at radius 3 is 2.38 bits per heavy atom. The van der Waals surface area contributed by atoms with Crippen molar-refractivity contribution in [3.63, 3.8) is 0 Å². The Hall–Kier alpha value is -2.53. The summed E-state index contributed by atoms with van der Waals surface area (Å²) in [6.07, 6.45) is 0. The fourth-order valence-corrected chi connectivity index (χ4v) is 3.31. The van der Waals surface area contributed by atoms with Crippen molar-refractivity contribution < 1.29 is 0 Å². The second-order valence-electron chi connectivity index (χ2n) is 6.06. The lowest BCUT2D eigenvalue weighted by Crippen LogP contribution is -2.55. The Balaban J connectivity index is 1.83. The Kier molecular flexibility index (Phi) is 4.32. The van der Waals surface area contributed by atoms with Crippen LogP contribution in [0.5, 0.6) is 0 Å². The molecule has 0 amide bonds. The van der Waals surface area contributed by atoms with Crippen LogP contribution >= 0.6 is 23.2 Å².